The summed E-state index contributed by atoms with van der Waals surface area (Å²) in [4.78, 5) is 0. The van der Waals surface area contributed by atoms with Gasteiger partial charge in [0.1, 0.15) is 2.09 Å². The van der Waals surface area contributed by atoms with Crippen molar-refractivity contribution in [2.45, 2.75) is 2.09 Å². The number of thioether (sulfide) groups is 1. The molecule has 0 radical (unpaired) electrons. The number of hydrogen-bond donors (Lipinski definition) is 0. The first-order valence-electron chi connectivity index (χ1n) is 2.03. The molecule has 1 heterocycles. The van der Waals surface area contributed by atoms with Gasteiger partial charge in [0.25, 0.3) is 0 Å². The Balaban J connectivity index is 2.54. The summed E-state index contributed by atoms with van der Waals surface area (Å²) in [5.74, 6) is 0. The van der Waals surface area contributed by atoms with E-state index in [1.165, 1.54) is 0 Å². The van der Waals surface area contributed by atoms with E-state index < -0.39 is 0 Å². The summed E-state index contributed by atoms with van der Waals surface area (Å²) in [5.41, 5.74) is 0. The van der Waals surface area contributed by atoms with Crippen molar-refractivity contribution in [1.29, 1.82) is 0 Å². The molecule has 0 aromatic carbocycles. The SMILES string of the molecule is CSC1(I)C=CSS1. The van der Waals surface area contributed by atoms with Gasteiger partial charge in [0.05, 0.1) is 0 Å². The number of hydrogen-bond acceptors (Lipinski definition) is 3. The van der Waals surface area contributed by atoms with Gasteiger partial charge in [-0.2, -0.15) is 0 Å². The number of halogens is 1. The molecule has 1 rings (SSSR count). The first-order valence-corrected chi connectivity index (χ1v) is 6.55. The summed E-state index contributed by atoms with van der Waals surface area (Å²) in [5, 5.41) is 2.15. The minimum Gasteiger partial charge on any atom is -0.132 e. The van der Waals surface area contributed by atoms with E-state index in [-0.39, 0.29) is 0 Å². The normalized spacial score (nSPS) is 36.2. The molecular formula is C4H5IS3. The van der Waals surface area contributed by atoms with Crippen LogP contribution in [0.5, 0.6) is 0 Å². The van der Waals surface area contributed by atoms with Crippen LogP contribution in [0.3, 0.4) is 0 Å². The van der Waals surface area contributed by atoms with Crippen molar-refractivity contribution in [3.8, 4) is 0 Å². The molecule has 0 spiro atoms. The molecule has 0 fully saturated rings. The molecule has 1 aliphatic heterocycles. The molecule has 0 amide bonds. The molecule has 0 N–H and O–H groups in total. The predicted octanol–water partition coefficient (Wildman–Crippen LogP) is 3.35. The molecule has 1 aliphatic rings. The lowest BCUT2D eigenvalue weighted by molar-refractivity contribution is 1.65. The average Bonchev–Trinajstić information content (AvgIpc) is 2.17. The van der Waals surface area contributed by atoms with Gasteiger partial charge in [-0.25, -0.2) is 0 Å². The predicted molar refractivity (Wildman–Crippen MR) is 54.6 cm³/mol. The Morgan fingerprint density at radius 1 is 1.75 bits per heavy atom. The van der Waals surface area contributed by atoms with Crippen molar-refractivity contribution in [2.24, 2.45) is 0 Å². The van der Waals surface area contributed by atoms with E-state index in [0.29, 0.717) is 2.09 Å². The fourth-order valence-electron chi connectivity index (χ4n) is 0.332. The van der Waals surface area contributed by atoms with Gasteiger partial charge in [-0.1, -0.05) is 21.6 Å². The third-order valence-corrected chi connectivity index (χ3v) is 7.88. The molecule has 1 atom stereocenters. The van der Waals surface area contributed by atoms with Gasteiger partial charge in [0.2, 0.25) is 0 Å². The molecular weight excluding hydrogens is 271 g/mol. The van der Waals surface area contributed by atoms with Crippen LogP contribution < -0.4 is 0 Å². The van der Waals surface area contributed by atoms with Crippen molar-refractivity contribution < 1.29 is 0 Å². The molecule has 0 aromatic rings. The molecule has 0 bridgehead atoms. The van der Waals surface area contributed by atoms with Crippen LogP contribution >= 0.6 is 55.9 Å². The standard InChI is InChI=1S/C4H5IS3/c1-6-4(5)2-3-7-8-4/h2-3H,1H3. The lowest BCUT2D eigenvalue weighted by Crippen LogP contribution is -1.97. The van der Waals surface area contributed by atoms with E-state index in [9.17, 15) is 0 Å². The van der Waals surface area contributed by atoms with Crippen LogP contribution in [0.15, 0.2) is 11.5 Å². The second-order valence-electron chi connectivity index (χ2n) is 1.27. The third kappa shape index (κ3) is 1.75. The summed E-state index contributed by atoms with van der Waals surface area (Å²) in [6.45, 7) is 0. The second kappa shape index (κ2) is 3.07. The Kier molecular flexibility index (Phi) is 2.93. The van der Waals surface area contributed by atoms with Crippen LogP contribution in [0.1, 0.15) is 0 Å². The zero-order valence-corrected chi connectivity index (χ0v) is 8.86. The molecule has 0 saturated heterocycles. The molecule has 0 aliphatic carbocycles. The fourth-order valence-corrected chi connectivity index (χ4v) is 4.77. The Labute approximate surface area is 75.2 Å². The van der Waals surface area contributed by atoms with Gasteiger partial charge in [0.15, 0.2) is 0 Å². The van der Waals surface area contributed by atoms with E-state index in [1.807, 2.05) is 33.3 Å². The number of rotatable bonds is 1. The summed E-state index contributed by atoms with van der Waals surface area (Å²) in [7, 11) is 3.71. The highest BCUT2D eigenvalue weighted by Gasteiger charge is 2.25. The maximum Gasteiger partial charge on any atom is 0.141 e. The van der Waals surface area contributed by atoms with Gasteiger partial charge in [0, 0.05) is 0 Å². The van der Waals surface area contributed by atoms with Gasteiger partial charge in [-0.05, 0) is 40.3 Å². The molecule has 0 saturated carbocycles. The number of alkyl halides is 1. The van der Waals surface area contributed by atoms with Crippen LogP contribution in [-0.4, -0.2) is 8.34 Å². The average molecular weight is 276 g/mol. The summed E-state index contributed by atoms with van der Waals surface area (Å²) in [6.07, 6.45) is 4.36. The third-order valence-electron chi connectivity index (χ3n) is 0.763. The lowest BCUT2D eigenvalue weighted by atomic mass is 10.7. The topological polar surface area (TPSA) is 0 Å². The summed E-state index contributed by atoms with van der Waals surface area (Å²) < 4.78 is 0.322. The van der Waals surface area contributed by atoms with Gasteiger partial charge < -0.3 is 0 Å². The van der Waals surface area contributed by atoms with Crippen molar-refractivity contribution in [3.05, 3.63) is 11.5 Å². The van der Waals surface area contributed by atoms with Gasteiger partial charge in [-0.15, -0.1) is 11.8 Å². The van der Waals surface area contributed by atoms with E-state index in [0.717, 1.165) is 0 Å². The minimum atomic E-state index is 0.322. The Bertz CT molecular complexity index is 114. The first-order chi connectivity index (χ1) is 3.77. The largest absolute Gasteiger partial charge is 0.141 e. The van der Waals surface area contributed by atoms with Crippen LogP contribution in [-0.2, 0) is 0 Å². The van der Waals surface area contributed by atoms with E-state index in [2.05, 4.69) is 40.3 Å². The van der Waals surface area contributed by atoms with E-state index in [4.69, 9.17) is 0 Å². The maximum atomic E-state index is 2.45. The van der Waals surface area contributed by atoms with Gasteiger partial charge >= 0.3 is 0 Å². The fraction of sp³-hybridized carbons (Fsp3) is 0.500. The Hall–Kier alpha value is 1.52. The lowest BCUT2D eigenvalue weighted by Gasteiger charge is -2.12. The Morgan fingerprint density at radius 2 is 2.50 bits per heavy atom. The highest BCUT2D eigenvalue weighted by molar-refractivity contribution is 14.1. The summed E-state index contributed by atoms with van der Waals surface area (Å²) in [6, 6.07) is 0. The first kappa shape index (κ1) is 7.63. The Morgan fingerprint density at radius 3 is 2.75 bits per heavy atom. The molecule has 1 unspecified atom stereocenters. The van der Waals surface area contributed by atoms with Gasteiger partial charge in [-0.3, -0.25) is 0 Å². The highest BCUT2D eigenvalue weighted by Crippen LogP contribution is 2.54. The van der Waals surface area contributed by atoms with E-state index >= 15 is 0 Å². The molecule has 0 nitrogen and oxygen atoms in total. The van der Waals surface area contributed by atoms with E-state index in [1.54, 1.807) is 0 Å². The molecule has 4 heteroatoms. The highest BCUT2D eigenvalue weighted by atomic mass is 127. The van der Waals surface area contributed by atoms with Crippen molar-refractivity contribution in [1.82, 2.24) is 0 Å². The molecule has 0 aromatic heterocycles. The molecule has 46 valence electrons. The van der Waals surface area contributed by atoms with Crippen LogP contribution in [0.2, 0.25) is 0 Å². The zero-order valence-electron chi connectivity index (χ0n) is 4.26. The van der Waals surface area contributed by atoms with Crippen LogP contribution in [0.25, 0.3) is 0 Å². The zero-order chi connectivity index (χ0) is 6.04. The maximum absolute atomic E-state index is 2.45. The van der Waals surface area contributed by atoms with Crippen molar-refractivity contribution in [3.63, 3.8) is 0 Å². The molecule has 8 heavy (non-hydrogen) atoms. The monoisotopic (exact) mass is 276 g/mol. The minimum absolute atomic E-state index is 0.322. The van der Waals surface area contributed by atoms with Crippen LogP contribution in [0.4, 0.5) is 0 Å². The van der Waals surface area contributed by atoms with Crippen LogP contribution in [0, 0.1) is 0 Å². The smallest absolute Gasteiger partial charge is 0.132 e. The summed E-state index contributed by atoms with van der Waals surface area (Å²) >= 11 is 4.32. The van der Waals surface area contributed by atoms with Crippen molar-refractivity contribution >= 4 is 55.9 Å². The quantitative estimate of drug-likeness (QED) is 0.409. The van der Waals surface area contributed by atoms with Crippen molar-refractivity contribution in [2.75, 3.05) is 6.26 Å². The second-order valence-corrected chi connectivity index (χ2v) is 8.10.